The van der Waals surface area contributed by atoms with Crippen LogP contribution in [0.2, 0.25) is 0 Å². The quantitative estimate of drug-likeness (QED) is 0.0265. The highest BCUT2D eigenvalue weighted by Gasteiger charge is 2.44. The first kappa shape index (κ1) is 55.5. The Kier molecular flexibility index (Phi) is 38.1. The Morgan fingerprint density at radius 2 is 0.898 bits per heavy atom. The van der Waals surface area contributed by atoms with Crippen LogP contribution in [0.15, 0.2) is 12.2 Å². The summed E-state index contributed by atoms with van der Waals surface area (Å²) in [6.45, 7) is 3.44. The zero-order valence-electron chi connectivity index (χ0n) is 38.0. The van der Waals surface area contributed by atoms with Gasteiger partial charge >= 0.3 is 11.9 Å². The molecule has 0 aliphatic carbocycles. The van der Waals surface area contributed by atoms with Crippen molar-refractivity contribution in [1.82, 2.24) is 0 Å². The summed E-state index contributed by atoms with van der Waals surface area (Å²) < 4.78 is 22.2. The van der Waals surface area contributed by atoms with Gasteiger partial charge in [0, 0.05) is 12.8 Å². The number of ether oxygens (including phenoxy) is 4. The van der Waals surface area contributed by atoms with E-state index in [4.69, 9.17) is 18.9 Å². The van der Waals surface area contributed by atoms with Crippen molar-refractivity contribution in [3.8, 4) is 0 Å². The molecule has 0 spiro atoms. The molecule has 0 radical (unpaired) electrons. The highest BCUT2D eigenvalue weighted by atomic mass is 16.7. The Bertz CT molecular complexity index is 974. The zero-order chi connectivity index (χ0) is 43.0. The number of hydrogen-bond donors (Lipinski definition) is 4. The Labute approximate surface area is 361 Å². The lowest BCUT2D eigenvalue weighted by Gasteiger charge is -2.39. The fraction of sp³-hybridized carbons (Fsp3) is 0.918. The van der Waals surface area contributed by atoms with Crippen LogP contribution in [-0.4, -0.2) is 89.0 Å². The van der Waals surface area contributed by atoms with Crippen LogP contribution in [-0.2, 0) is 28.5 Å². The molecule has 2 unspecified atom stereocenters. The average molecular weight is 841 g/mol. The van der Waals surface area contributed by atoms with E-state index in [0.29, 0.717) is 6.42 Å². The molecule has 1 aliphatic rings. The number of hydrogen-bond acceptors (Lipinski definition) is 10. The third-order valence-electron chi connectivity index (χ3n) is 11.7. The zero-order valence-corrected chi connectivity index (χ0v) is 38.0. The predicted octanol–water partition coefficient (Wildman–Crippen LogP) is 11.1. The third kappa shape index (κ3) is 31.9. The van der Waals surface area contributed by atoms with Crippen LogP contribution in [0.5, 0.6) is 0 Å². The molecule has 4 N–H and O–H groups in total. The minimum atomic E-state index is -1.59. The van der Waals surface area contributed by atoms with Crippen LogP contribution in [0.3, 0.4) is 0 Å². The number of rotatable bonds is 42. The number of carbonyl (C=O) groups is 2. The van der Waals surface area contributed by atoms with Crippen molar-refractivity contribution in [2.45, 2.75) is 269 Å². The van der Waals surface area contributed by atoms with Gasteiger partial charge in [0.05, 0.1) is 13.2 Å². The smallest absolute Gasteiger partial charge is 0.306 e. The van der Waals surface area contributed by atoms with Crippen molar-refractivity contribution in [2.75, 3.05) is 19.8 Å². The van der Waals surface area contributed by atoms with Crippen LogP contribution in [0, 0.1) is 0 Å². The third-order valence-corrected chi connectivity index (χ3v) is 11.7. The van der Waals surface area contributed by atoms with Gasteiger partial charge in [-0.25, -0.2) is 0 Å². The molecule has 10 heteroatoms. The monoisotopic (exact) mass is 841 g/mol. The fourth-order valence-electron chi connectivity index (χ4n) is 7.71. The van der Waals surface area contributed by atoms with Crippen molar-refractivity contribution >= 4 is 11.9 Å². The molecule has 0 amide bonds. The molecule has 0 aromatic carbocycles. The van der Waals surface area contributed by atoms with Gasteiger partial charge in [0.1, 0.15) is 31.0 Å². The predicted molar refractivity (Wildman–Crippen MR) is 238 cm³/mol. The molecule has 6 atom stereocenters. The first-order chi connectivity index (χ1) is 28.8. The van der Waals surface area contributed by atoms with Gasteiger partial charge in [0.2, 0.25) is 0 Å². The number of aliphatic hydroxyl groups is 4. The fourth-order valence-corrected chi connectivity index (χ4v) is 7.71. The molecule has 59 heavy (non-hydrogen) atoms. The molecular weight excluding hydrogens is 749 g/mol. The molecular formula is C49H92O10. The minimum absolute atomic E-state index is 0.214. The lowest BCUT2D eigenvalue weighted by atomic mass is 9.99. The van der Waals surface area contributed by atoms with Gasteiger partial charge in [-0.1, -0.05) is 193 Å². The van der Waals surface area contributed by atoms with Crippen molar-refractivity contribution in [2.24, 2.45) is 0 Å². The summed E-state index contributed by atoms with van der Waals surface area (Å²) in [7, 11) is 0. The molecule has 0 bridgehead atoms. The van der Waals surface area contributed by atoms with Crippen molar-refractivity contribution in [3.63, 3.8) is 0 Å². The number of esters is 2. The first-order valence-electron chi connectivity index (χ1n) is 24.8. The normalized spacial score (nSPS) is 20.0. The van der Waals surface area contributed by atoms with E-state index in [1.807, 2.05) is 0 Å². The first-order valence-corrected chi connectivity index (χ1v) is 24.8. The lowest BCUT2D eigenvalue weighted by molar-refractivity contribution is -0.305. The molecule has 1 fully saturated rings. The van der Waals surface area contributed by atoms with Crippen LogP contribution in [0.25, 0.3) is 0 Å². The molecule has 0 aromatic heterocycles. The van der Waals surface area contributed by atoms with Crippen molar-refractivity contribution < 1.29 is 49.0 Å². The van der Waals surface area contributed by atoms with Gasteiger partial charge in [0.15, 0.2) is 12.4 Å². The van der Waals surface area contributed by atoms with E-state index in [-0.39, 0.29) is 32.0 Å². The number of unbranched alkanes of at least 4 members (excludes halogenated alkanes) is 29. The molecule has 1 aliphatic heterocycles. The maximum absolute atomic E-state index is 12.8. The molecule has 1 rings (SSSR count). The van der Waals surface area contributed by atoms with E-state index in [0.717, 1.165) is 44.9 Å². The van der Waals surface area contributed by atoms with E-state index < -0.39 is 49.4 Å². The molecule has 348 valence electrons. The summed E-state index contributed by atoms with van der Waals surface area (Å²) in [6, 6.07) is 0. The number of carbonyl (C=O) groups excluding carboxylic acids is 2. The van der Waals surface area contributed by atoms with Gasteiger partial charge < -0.3 is 39.4 Å². The van der Waals surface area contributed by atoms with Crippen LogP contribution < -0.4 is 0 Å². The Morgan fingerprint density at radius 3 is 1.34 bits per heavy atom. The van der Waals surface area contributed by atoms with Gasteiger partial charge in [-0.05, 0) is 38.5 Å². The summed E-state index contributed by atoms with van der Waals surface area (Å²) in [5.74, 6) is -0.811. The van der Waals surface area contributed by atoms with E-state index in [9.17, 15) is 30.0 Å². The lowest BCUT2D eigenvalue weighted by Crippen LogP contribution is -2.59. The standard InChI is InChI=1S/C49H92O10/c1-3-5-7-9-11-13-15-17-19-20-21-22-24-25-27-29-31-33-35-37-44(51)56-40-42(41-57-49-48(55)47(54)46(53)43(39-50)59-49)58-45(52)38-36-34-32-30-28-26-23-18-16-14-12-10-8-6-4-2/h26,28,42-43,46-50,53-55H,3-25,27,29-41H2,1-2H3/b28-26+/t42-,43-,46+,47?,48?,49-/m0/s1. The maximum atomic E-state index is 12.8. The van der Waals surface area contributed by atoms with E-state index in [2.05, 4.69) is 26.0 Å². The van der Waals surface area contributed by atoms with Gasteiger partial charge in [-0.15, -0.1) is 0 Å². The second kappa shape index (κ2) is 40.5. The molecule has 10 nitrogen and oxygen atoms in total. The molecule has 1 saturated heterocycles. The summed E-state index contributed by atoms with van der Waals surface area (Å²) in [5.41, 5.74) is 0. The largest absolute Gasteiger partial charge is 0.462 e. The molecule has 0 saturated carbocycles. The van der Waals surface area contributed by atoms with E-state index >= 15 is 0 Å². The number of aliphatic hydroxyl groups excluding tert-OH is 4. The summed E-state index contributed by atoms with van der Waals surface area (Å²) in [4.78, 5) is 25.4. The van der Waals surface area contributed by atoms with Crippen molar-refractivity contribution in [3.05, 3.63) is 12.2 Å². The number of allylic oxidation sites excluding steroid dienone is 2. The highest BCUT2D eigenvalue weighted by Crippen LogP contribution is 2.23. The van der Waals surface area contributed by atoms with E-state index in [1.165, 1.54) is 154 Å². The van der Waals surface area contributed by atoms with Crippen LogP contribution >= 0.6 is 0 Å². The van der Waals surface area contributed by atoms with Gasteiger partial charge in [-0.3, -0.25) is 9.59 Å². The van der Waals surface area contributed by atoms with Crippen LogP contribution in [0.4, 0.5) is 0 Å². The second-order valence-corrected chi connectivity index (χ2v) is 17.3. The maximum Gasteiger partial charge on any atom is 0.306 e. The summed E-state index contributed by atoms with van der Waals surface area (Å²) >= 11 is 0. The minimum Gasteiger partial charge on any atom is -0.462 e. The van der Waals surface area contributed by atoms with Gasteiger partial charge in [-0.2, -0.15) is 0 Å². The topological polar surface area (TPSA) is 152 Å². The van der Waals surface area contributed by atoms with E-state index in [1.54, 1.807) is 0 Å². The Morgan fingerprint density at radius 1 is 0.508 bits per heavy atom. The SMILES string of the molecule is CCCCCCCCCC/C=C/CCCCCC(=O)O[C@@H](COC(=O)CCCCCCCCCCCCCCCCCCCCC)CO[C@H]1O[C@@H](CO)[C@@H](O)C(O)C1O. The molecule has 1 heterocycles. The Balaban J connectivity index is 2.27. The highest BCUT2D eigenvalue weighted by molar-refractivity contribution is 5.70. The van der Waals surface area contributed by atoms with Crippen LogP contribution in [0.1, 0.15) is 232 Å². The van der Waals surface area contributed by atoms with Gasteiger partial charge in [0.25, 0.3) is 0 Å². The summed E-state index contributed by atoms with van der Waals surface area (Å²) in [5, 5.41) is 40.1. The second-order valence-electron chi connectivity index (χ2n) is 17.3. The summed E-state index contributed by atoms with van der Waals surface area (Å²) in [6.07, 6.45) is 36.5. The molecule has 0 aromatic rings. The Hall–Kier alpha value is -1.56. The average Bonchev–Trinajstić information content (AvgIpc) is 3.23. The van der Waals surface area contributed by atoms with Crippen molar-refractivity contribution in [1.29, 1.82) is 0 Å².